The molecule has 0 aromatic rings. The molecule has 0 aliphatic heterocycles. The van der Waals surface area contributed by atoms with Crippen molar-refractivity contribution in [3.63, 3.8) is 0 Å². The number of allylic oxidation sites excluding steroid dienone is 1. The molecule has 0 aromatic carbocycles. The summed E-state index contributed by atoms with van der Waals surface area (Å²) < 4.78 is 5.32. The highest BCUT2D eigenvalue weighted by Crippen LogP contribution is 2.01. The van der Waals surface area contributed by atoms with Crippen LogP contribution in [0.5, 0.6) is 0 Å². The van der Waals surface area contributed by atoms with Gasteiger partial charge in [0.1, 0.15) is 5.76 Å². The second kappa shape index (κ2) is 6.44. The van der Waals surface area contributed by atoms with Crippen molar-refractivity contribution in [2.45, 2.75) is 33.1 Å². The summed E-state index contributed by atoms with van der Waals surface area (Å²) in [5, 5.41) is 0. The van der Waals surface area contributed by atoms with Crippen LogP contribution >= 0.6 is 0 Å². The molecule has 0 unspecified atom stereocenters. The molecular formula is C9H16O. The van der Waals surface area contributed by atoms with E-state index < -0.39 is 0 Å². The summed E-state index contributed by atoms with van der Waals surface area (Å²) in [4.78, 5) is 0. The predicted octanol–water partition coefficient (Wildman–Crippen LogP) is 2.88. The highest BCUT2D eigenvalue weighted by molar-refractivity contribution is 4.86. The Labute approximate surface area is 63.4 Å². The van der Waals surface area contributed by atoms with Gasteiger partial charge in [0, 0.05) is 6.42 Å². The van der Waals surface area contributed by atoms with Gasteiger partial charge in [-0.05, 0) is 6.42 Å². The van der Waals surface area contributed by atoms with Gasteiger partial charge < -0.3 is 4.74 Å². The molecule has 10 heavy (non-hydrogen) atoms. The lowest BCUT2D eigenvalue weighted by molar-refractivity contribution is 0.201. The summed E-state index contributed by atoms with van der Waals surface area (Å²) in [6.07, 6.45) is 3.19. The lowest BCUT2D eigenvalue weighted by Gasteiger charge is -2.03. The zero-order chi connectivity index (χ0) is 7.82. The van der Waals surface area contributed by atoms with E-state index in [0.29, 0.717) is 0 Å². The fourth-order valence-corrected chi connectivity index (χ4v) is 0.618. The molecule has 0 saturated heterocycles. The molecule has 1 heteroatoms. The Morgan fingerprint density at radius 2 is 2.20 bits per heavy atom. The van der Waals surface area contributed by atoms with E-state index in [1.54, 1.807) is 0 Å². The predicted molar refractivity (Wildman–Crippen MR) is 43.8 cm³/mol. The molecule has 0 fully saturated rings. The highest BCUT2D eigenvalue weighted by atomic mass is 16.5. The average molecular weight is 140 g/mol. The molecule has 0 atom stereocenters. The average Bonchev–Trinajstić information content (AvgIpc) is 1.99. The van der Waals surface area contributed by atoms with Crippen molar-refractivity contribution in [1.82, 2.24) is 0 Å². The minimum atomic E-state index is 0.808. The van der Waals surface area contributed by atoms with Crippen LogP contribution in [-0.2, 0) is 4.74 Å². The van der Waals surface area contributed by atoms with Crippen LogP contribution in [0.15, 0.2) is 18.1 Å². The normalized spacial score (nSPS) is 8.60. The highest BCUT2D eigenvalue weighted by Gasteiger charge is 1.90. The first-order valence-corrected chi connectivity index (χ1v) is 3.86. The van der Waals surface area contributed by atoms with Gasteiger partial charge in [0.05, 0.1) is 6.61 Å². The lowest BCUT2D eigenvalue weighted by Crippen LogP contribution is -1.92. The van der Waals surface area contributed by atoms with E-state index in [-0.39, 0.29) is 0 Å². The van der Waals surface area contributed by atoms with Crippen molar-refractivity contribution in [3.8, 4) is 0 Å². The molecule has 0 bridgehead atoms. The Morgan fingerprint density at radius 1 is 1.50 bits per heavy atom. The van der Waals surface area contributed by atoms with E-state index in [1.807, 2.05) is 6.92 Å². The van der Waals surface area contributed by atoms with Crippen molar-refractivity contribution >= 4 is 0 Å². The van der Waals surface area contributed by atoms with E-state index in [2.05, 4.69) is 19.2 Å². The largest absolute Gasteiger partial charge is 0.490 e. The van der Waals surface area contributed by atoms with Crippen LogP contribution < -0.4 is 0 Å². The van der Waals surface area contributed by atoms with Crippen molar-refractivity contribution in [2.24, 2.45) is 0 Å². The second-order valence-electron chi connectivity index (χ2n) is 2.16. The molecule has 0 radical (unpaired) electrons. The van der Waals surface area contributed by atoms with E-state index in [1.165, 1.54) is 6.42 Å². The van der Waals surface area contributed by atoms with Gasteiger partial charge in [-0.1, -0.05) is 32.6 Å². The van der Waals surface area contributed by atoms with Crippen molar-refractivity contribution < 1.29 is 4.74 Å². The van der Waals surface area contributed by atoms with Crippen LogP contribution in [0, 0.1) is 0 Å². The first kappa shape index (κ1) is 9.32. The molecule has 1 nitrogen and oxygen atoms in total. The first-order chi connectivity index (χ1) is 4.85. The Morgan fingerprint density at radius 3 is 2.60 bits per heavy atom. The van der Waals surface area contributed by atoms with E-state index in [0.717, 1.165) is 25.2 Å². The van der Waals surface area contributed by atoms with Crippen LogP contribution in [0.3, 0.4) is 0 Å². The molecule has 0 rings (SSSR count). The summed E-state index contributed by atoms with van der Waals surface area (Å²) in [6, 6.07) is 0. The zero-order valence-electron chi connectivity index (χ0n) is 6.94. The Hall–Kier alpha value is -0.680. The quantitative estimate of drug-likeness (QED) is 0.324. The Kier molecular flexibility index (Phi) is 6.00. The topological polar surface area (TPSA) is 9.23 Å². The van der Waals surface area contributed by atoms with Gasteiger partial charge >= 0.3 is 0 Å². The van der Waals surface area contributed by atoms with Gasteiger partial charge in [0.2, 0.25) is 0 Å². The lowest BCUT2D eigenvalue weighted by atomic mass is 10.3. The third kappa shape index (κ3) is 4.22. The molecule has 0 spiro atoms. The van der Waals surface area contributed by atoms with Crippen LogP contribution in [0.4, 0.5) is 0 Å². The molecule has 0 heterocycles. The molecule has 0 aromatic heterocycles. The van der Waals surface area contributed by atoms with Gasteiger partial charge in [-0.2, -0.15) is 0 Å². The zero-order valence-corrected chi connectivity index (χ0v) is 6.94. The van der Waals surface area contributed by atoms with Crippen LogP contribution in [0.25, 0.3) is 0 Å². The molecule has 0 N–H and O–H groups in total. The monoisotopic (exact) mass is 140 g/mol. The summed E-state index contributed by atoms with van der Waals surface area (Å²) in [5.41, 5.74) is 2.76. The molecule has 0 amide bonds. The third-order valence-corrected chi connectivity index (χ3v) is 1.29. The maximum atomic E-state index is 5.32. The maximum absolute atomic E-state index is 5.32. The van der Waals surface area contributed by atoms with E-state index >= 15 is 0 Å². The van der Waals surface area contributed by atoms with Gasteiger partial charge in [-0.3, -0.25) is 0 Å². The van der Waals surface area contributed by atoms with E-state index in [9.17, 15) is 0 Å². The smallest absolute Gasteiger partial charge is 0.137 e. The minimum Gasteiger partial charge on any atom is -0.490 e. The number of ether oxygens (including phenoxy) is 1. The molecule has 0 aliphatic rings. The van der Waals surface area contributed by atoms with Gasteiger partial charge in [0.25, 0.3) is 0 Å². The minimum absolute atomic E-state index is 0.808. The number of hydrogen-bond acceptors (Lipinski definition) is 1. The SMILES string of the molecule is C=C=C(CC)OCCCC. The second-order valence-corrected chi connectivity index (χ2v) is 2.16. The van der Waals surface area contributed by atoms with Gasteiger partial charge in [-0.25, -0.2) is 0 Å². The van der Waals surface area contributed by atoms with Crippen LogP contribution in [0.1, 0.15) is 33.1 Å². The number of hydrogen-bond donors (Lipinski definition) is 0. The summed E-state index contributed by atoms with van der Waals surface area (Å²) in [5.74, 6) is 0.883. The maximum Gasteiger partial charge on any atom is 0.137 e. The Bertz CT molecular complexity index is 121. The van der Waals surface area contributed by atoms with E-state index in [4.69, 9.17) is 4.74 Å². The summed E-state index contributed by atoms with van der Waals surface area (Å²) in [7, 11) is 0. The fourth-order valence-electron chi connectivity index (χ4n) is 0.618. The number of unbranched alkanes of at least 4 members (excludes halogenated alkanes) is 1. The molecule has 0 saturated carbocycles. The Balaban J connectivity index is 3.37. The molecule has 58 valence electrons. The summed E-state index contributed by atoms with van der Waals surface area (Å²) >= 11 is 0. The summed E-state index contributed by atoms with van der Waals surface area (Å²) in [6.45, 7) is 8.52. The molecular weight excluding hydrogens is 124 g/mol. The van der Waals surface area contributed by atoms with Gasteiger partial charge in [-0.15, -0.1) is 0 Å². The standard InChI is InChI=1S/C9H16O/c1-4-7-8-10-9(5-2)6-3/h2,4,6-8H2,1,3H3. The number of rotatable bonds is 5. The van der Waals surface area contributed by atoms with Crippen molar-refractivity contribution in [2.75, 3.05) is 6.61 Å². The molecule has 0 aliphatic carbocycles. The third-order valence-electron chi connectivity index (χ3n) is 1.29. The van der Waals surface area contributed by atoms with Crippen LogP contribution in [-0.4, -0.2) is 6.61 Å². The van der Waals surface area contributed by atoms with Gasteiger partial charge in [0.15, 0.2) is 0 Å². The van der Waals surface area contributed by atoms with Crippen molar-refractivity contribution in [1.29, 1.82) is 0 Å². The van der Waals surface area contributed by atoms with Crippen LogP contribution in [0.2, 0.25) is 0 Å². The fraction of sp³-hybridized carbons (Fsp3) is 0.667. The van der Waals surface area contributed by atoms with Crippen molar-refractivity contribution in [3.05, 3.63) is 18.1 Å². The first-order valence-electron chi connectivity index (χ1n) is 3.86.